The largest absolute Gasteiger partial charge is 0.339 e. The van der Waals surface area contributed by atoms with Gasteiger partial charge in [-0.1, -0.05) is 29.4 Å². The van der Waals surface area contributed by atoms with Crippen molar-refractivity contribution in [2.45, 2.75) is 43.9 Å². The molecule has 0 radical (unpaired) electrons. The van der Waals surface area contributed by atoms with E-state index in [-0.39, 0.29) is 11.7 Å². The van der Waals surface area contributed by atoms with Gasteiger partial charge < -0.3 is 4.52 Å². The number of nitrogens with zero attached hydrogens (tertiary/aromatic N) is 2. The zero-order chi connectivity index (χ0) is 13.5. The van der Waals surface area contributed by atoms with Crippen molar-refractivity contribution >= 4 is 5.78 Å². The molecule has 0 bridgehead atoms. The minimum atomic E-state index is -0.153. The molecule has 2 aromatic rings. The van der Waals surface area contributed by atoms with Gasteiger partial charge >= 0.3 is 0 Å². The molecular formula is C16H16N2O2. The first-order valence-electron chi connectivity index (χ1n) is 7.24. The molecule has 1 fully saturated rings. The van der Waals surface area contributed by atoms with Gasteiger partial charge in [0.2, 0.25) is 5.89 Å². The lowest BCUT2D eigenvalue weighted by atomic mass is 10.1. The van der Waals surface area contributed by atoms with Gasteiger partial charge in [0.25, 0.3) is 0 Å². The summed E-state index contributed by atoms with van der Waals surface area (Å²) in [4.78, 5) is 16.3. The average Bonchev–Trinajstić information content (AvgIpc) is 3.15. The minimum absolute atomic E-state index is 0.153. The van der Waals surface area contributed by atoms with Gasteiger partial charge in [-0.2, -0.15) is 4.98 Å². The van der Waals surface area contributed by atoms with E-state index in [1.54, 1.807) is 0 Å². The second-order valence-electron chi connectivity index (χ2n) is 5.78. The van der Waals surface area contributed by atoms with E-state index in [0.29, 0.717) is 18.2 Å². The number of ketones is 1. The van der Waals surface area contributed by atoms with Crippen molar-refractivity contribution in [2.24, 2.45) is 0 Å². The van der Waals surface area contributed by atoms with Crippen LogP contribution in [-0.2, 0) is 17.6 Å². The number of fused-ring (bicyclic) bond motifs is 1. The summed E-state index contributed by atoms with van der Waals surface area (Å²) in [6.07, 6.45) is 4.38. The standard InChI is InChI=1S/C16H16N2O2/c19-14-7-3-6-13(14)16-17-15(18-20-16)12-8-10-4-1-2-5-11(10)9-12/h1-2,4-5,12-13H,3,6-9H2. The van der Waals surface area contributed by atoms with Crippen molar-refractivity contribution in [1.29, 1.82) is 0 Å². The molecule has 4 heteroatoms. The highest BCUT2D eigenvalue weighted by Gasteiger charge is 2.33. The maximum atomic E-state index is 11.8. The van der Waals surface area contributed by atoms with Crippen LogP contribution in [0.15, 0.2) is 28.8 Å². The molecule has 0 aliphatic heterocycles. The van der Waals surface area contributed by atoms with Crippen LogP contribution in [0.1, 0.15) is 53.9 Å². The summed E-state index contributed by atoms with van der Waals surface area (Å²) in [5.41, 5.74) is 2.75. The fourth-order valence-electron chi connectivity index (χ4n) is 3.37. The third-order valence-corrected chi connectivity index (χ3v) is 4.48. The number of hydrogen-bond donors (Lipinski definition) is 0. The molecule has 1 atom stereocenters. The lowest BCUT2D eigenvalue weighted by Gasteiger charge is -2.01. The molecule has 0 spiro atoms. The minimum Gasteiger partial charge on any atom is -0.339 e. The van der Waals surface area contributed by atoms with Gasteiger partial charge in [-0.3, -0.25) is 4.79 Å². The van der Waals surface area contributed by atoms with Crippen LogP contribution in [-0.4, -0.2) is 15.9 Å². The summed E-state index contributed by atoms with van der Waals surface area (Å²) in [6, 6.07) is 8.47. The van der Waals surface area contributed by atoms with Gasteiger partial charge in [-0.25, -0.2) is 0 Å². The van der Waals surface area contributed by atoms with E-state index in [2.05, 4.69) is 34.4 Å². The summed E-state index contributed by atoms with van der Waals surface area (Å²) in [5, 5.41) is 4.12. The van der Waals surface area contributed by atoms with Crippen molar-refractivity contribution in [2.75, 3.05) is 0 Å². The van der Waals surface area contributed by atoms with Gasteiger partial charge in [0.05, 0.1) is 5.92 Å². The van der Waals surface area contributed by atoms with Gasteiger partial charge in [-0.15, -0.1) is 0 Å². The highest BCUT2D eigenvalue weighted by molar-refractivity contribution is 5.86. The average molecular weight is 268 g/mol. The Labute approximate surface area is 117 Å². The number of benzene rings is 1. The molecule has 0 N–H and O–H groups in total. The number of Topliss-reactive ketones (excluding diaryl/α,β-unsaturated/α-hetero) is 1. The predicted molar refractivity (Wildman–Crippen MR) is 72.5 cm³/mol. The second kappa shape index (κ2) is 4.54. The molecule has 4 nitrogen and oxygen atoms in total. The fraction of sp³-hybridized carbons (Fsp3) is 0.438. The summed E-state index contributed by atoms with van der Waals surface area (Å²) in [7, 11) is 0. The Morgan fingerprint density at radius 1 is 1.15 bits per heavy atom. The molecule has 4 rings (SSSR count). The van der Waals surface area contributed by atoms with Crippen molar-refractivity contribution < 1.29 is 9.32 Å². The van der Waals surface area contributed by atoms with E-state index in [4.69, 9.17) is 4.52 Å². The van der Waals surface area contributed by atoms with Crippen LogP contribution >= 0.6 is 0 Å². The zero-order valence-electron chi connectivity index (χ0n) is 11.2. The summed E-state index contributed by atoms with van der Waals surface area (Å²) in [6.45, 7) is 0. The monoisotopic (exact) mass is 268 g/mol. The fourth-order valence-corrected chi connectivity index (χ4v) is 3.37. The van der Waals surface area contributed by atoms with Crippen LogP contribution in [0.5, 0.6) is 0 Å². The Bertz CT molecular complexity index is 637. The maximum absolute atomic E-state index is 11.8. The first kappa shape index (κ1) is 11.8. The van der Waals surface area contributed by atoms with Crippen LogP contribution < -0.4 is 0 Å². The quantitative estimate of drug-likeness (QED) is 0.840. The van der Waals surface area contributed by atoms with Crippen molar-refractivity contribution in [3.63, 3.8) is 0 Å². The lowest BCUT2D eigenvalue weighted by molar-refractivity contribution is -0.119. The van der Waals surface area contributed by atoms with E-state index < -0.39 is 0 Å². The molecule has 0 saturated heterocycles. The smallest absolute Gasteiger partial charge is 0.237 e. The Hall–Kier alpha value is -1.97. The predicted octanol–water partition coefficient (Wildman–Crippen LogP) is 2.79. The van der Waals surface area contributed by atoms with Gasteiger partial charge in [-0.05, 0) is 36.8 Å². The van der Waals surface area contributed by atoms with Crippen LogP contribution in [0.25, 0.3) is 0 Å². The van der Waals surface area contributed by atoms with Crippen LogP contribution in [0.4, 0.5) is 0 Å². The molecule has 1 aromatic carbocycles. The van der Waals surface area contributed by atoms with E-state index in [1.165, 1.54) is 11.1 Å². The Morgan fingerprint density at radius 2 is 1.90 bits per heavy atom. The Kier molecular flexibility index (Phi) is 2.69. The topological polar surface area (TPSA) is 56.0 Å². The first-order valence-corrected chi connectivity index (χ1v) is 7.24. The highest BCUT2D eigenvalue weighted by atomic mass is 16.5. The van der Waals surface area contributed by atoms with Gasteiger partial charge in [0, 0.05) is 12.3 Å². The zero-order valence-corrected chi connectivity index (χ0v) is 11.2. The SMILES string of the molecule is O=C1CCCC1c1nc(C2Cc3ccccc3C2)no1. The van der Waals surface area contributed by atoms with Crippen LogP contribution in [0.2, 0.25) is 0 Å². The molecule has 2 aliphatic carbocycles. The Balaban J connectivity index is 1.56. The second-order valence-corrected chi connectivity index (χ2v) is 5.78. The first-order chi connectivity index (χ1) is 9.81. The van der Waals surface area contributed by atoms with Crippen molar-refractivity contribution in [3.8, 4) is 0 Å². The molecular weight excluding hydrogens is 252 g/mol. The molecule has 1 saturated carbocycles. The third kappa shape index (κ3) is 1.87. The van der Waals surface area contributed by atoms with E-state index in [9.17, 15) is 4.79 Å². The summed E-state index contributed by atoms with van der Waals surface area (Å²) in [5.74, 6) is 1.67. The maximum Gasteiger partial charge on any atom is 0.237 e. The number of aromatic nitrogens is 2. The van der Waals surface area contributed by atoms with Crippen LogP contribution in [0, 0.1) is 0 Å². The van der Waals surface area contributed by atoms with Crippen molar-refractivity contribution in [3.05, 3.63) is 47.1 Å². The summed E-state index contributed by atoms with van der Waals surface area (Å²) < 4.78 is 5.35. The van der Waals surface area contributed by atoms with Crippen molar-refractivity contribution in [1.82, 2.24) is 10.1 Å². The highest BCUT2D eigenvalue weighted by Crippen LogP contribution is 2.35. The number of rotatable bonds is 2. The molecule has 20 heavy (non-hydrogen) atoms. The number of carbonyl (C=O) groups is 1. The molecule has 1 aromatic heterocycles. The molecule has 1 unspecified atom stereocenters. The normalized spacial score (nSPS) is 22.4. The molecule has 102 valence electrons. The third-order valence-electron chi connectivity index (χ3n) is 4.48. The van der Waals surface area contributed by atoms with Crippen LogP contribution in [0.3, 0.4) is 0 Å². The molecule has 2 aliphatic rings. The van der Waals surface area contributed by atoms with E-state index >= 15 is 0 Å². The molecule has 1 heterocycles. The summed E-state index contributed by atoms with van der Waals surface area (Å²) >= 11 is 0. The Morgan fingerprint density at radius 3 is 2.55 bits per heavy atom. The van der Waals surface area contributed by atoms with Gasteiger partial charge in [0.1, 0.15) is 5.78 Å². The molecule has 0 amide bonds. The van der Waals surface area contributed by atoms with E-state index in [0.717, 1.165) is 31.5 Å². The lowest BCUT2D eigenvalue weighted by Crippen LogP contribution is -2.06. The number of carbonyl (C=O) groups excluding carboxylic acids is 1. The number of hydrogen-bond acceptors (Lipinski definition) is 4. The van der Waals surface area contributed by atoms with Gasteiger partial charge in [0.15, 0.2) is 5.82 Å². The van der Waals surface area contributed by atoms with E-state index in [1.807, 2.05) is 0 Å².